The molecule has 2 atom stereocenters. The van der Waals surface area contributed by atoms with Crippen LogP contribution in [0.5, 0.6) is 0 Å². The zero-order chi connectivity index (χ0) is 14.9. The van der Waals surface area contributed by atoms with Crippen molar-refractivity contribution in [2.24, 2.45) is 0 Å². The number of aromatic nitrogens is 1. The normalized spacial score (nSPS) is 20.8. The number of oxazole rings is 1. The Bertz CT molecular complexity index is 504. The molecule has 0 aliphatic carbocycles. The van der Waals surface area contributed by atoms with E-state index in [2.05, 4.69) is 10.3 Å². The smallest absolute Gasteiger partial charge is 0.247 e. The maximum absolute atomic E-state index is 12.2. The molecule has 1 N–H and O–H groups in total. The van der Waals surface area contributed by atoms with E-state index in [-0.39, 0.29) is 24.3 Å². The number of amides is 2. The SMILES string of the molecule is CCC(C)N1C(=O)CC(NCc2nc(C)c(C)o2)C1=O. The minimum atomic E-state index is -0.469. The fourth-order valence-corrected chi connectivity index (χ4v) is 2.28. The van der Waals surface area contributed by atoms with Gasteiger partial charge in [-0.2, -0.15) is 0 Å². The van der Waals surface area contributed by atoms with E-state index in [1.807, 2.05) is 27.7 Å². The summed E-state index contributed by atoms with van der Waals surface area (Å²) in [6.07, 6.45) is 0.976. The lowest BCUT2D eigenvalue weighted by Crippen LogP contribution is -2.42. The van der Waals surface area contributed by atoms with E-state index in [1.54, 1.807) is 0 Å². The molecule has 1 aliphatic rings. The number of carbonyl (C=O) groups is 2. The van der Waals surface area contributed by atoms with Crippen LogP contribution in [0, 0.1) is 13.8 Å². The van der Waals surface area contributed by atoms with Gasteiger partial charge in [-0.15, -0.1) is 0 Å². The molecule has 0 bridgehead atoms. The summed E-state index contributed by atoms with van der Waals surface area (Å²) in [5.74, 6) is 1.06. The Morgan fingerprint density at radius 2 is 2.15 bits per heavy atom. The molecule has 6 heteroatoms. The third-order valence-electron chi connectivity index (χ3n) is 3.79. The number of rotatable bonds is 5. The van der Waals surface area contributed by atoms with Gasteiger partial charge in [-0.25, -0.2) is 4.98 Å². The van der Waals surface area contributed by atoms with Gasteiger partial charge in [0.15, 0.2) is 0 Å². The quantitative estimate of drug-likeness (QED) is 0.822. The molecule has 6 nitrogen and oxygen atoms in total. The molecule has 1 aliphatic heterocycles. The molecule has 20 heavy (non-hydrogen) atoms. The van der Waals surface area contributed by atoms with Crippen molar-refractivity contribution >= 4 is 11.8 Å². The van der Waals surface area contributed by atoms with Crippen LogP contribution in [-0.2, 0) is 16.1 Å². The second kappa shape index (κ2) is 5.75. The molecule has 2 unspecified atom stereocenters. The zero-order valence-electron chi connectivity index (χ0n) is 12.4. The fraction of sp³-hybridized carbons (Fsp3) is 0.643. The molecule has 1 aromatic heterocycles. The van der Waals surface area contributed by atoms with E-state index in [4.69, 9.17) is 4.42 Å². The Hall–Kier alpha value is -1.69. The average Bonchev–Trinajstić information content (AvgIpc) is 2.87. The molecular weight excluding hydrogens is 258 g/mol. The lowest BCUT2D eigenvalue weighted by atomic mass is 10.2. The highest BCUT2D eigenvalue weighted by molar-refractivity contribution is 6.05. The van der Waals surface area contributed by atoms with Crippen molar-refractivity contribution in [1.82, 2.24) is 15.2 Å². The molecule has 2 heterocycles. The van der Waals surface area contributed by atoms with Crippen molar-refractivity contribution in [2.45, 2.75) is 59.2 Å². The molecule has 0 spiro atoms. The molecule has 2 amide bonds. The van der Waals surface area contributed by atoms with Crippen molar-refractivity contribution in [3.63, 3.8) is 0 Å². The molecule has 1 fully saturated rings. The highest BCUT2D eigenvalue weighted by Crippen LogP contribution is 2.18. The van der Waals surface area contributed by atoms with Gasteiger partial charge in [-0.05, 0) is 27.2 Å². The van der Waals surface area contributed by atoms with Crippen LogP contribution in [0.25, 0.3) is 0 Å². The predicted molar refractivity (Wildman–Crippen MR) is 72.8 cm³/mol. The molecule has 0 aromatic carbocycles. The first kappa shape index (κ1) is 14.7. The van der Waals surface area contributed by atoms with E-state index >= 15 is 0 Å². The number of carbonyl (C=O) groups excluding carboxylic acids is 2. The number of hydrogen-bond donors (Lipinski definition) is 1. The van der Waals surface area contributed by atoms with Crippen molar-refractivity contribution in [3.8, 4) is 0 Å². The first-order valence-corrected chi connectivity index (χ1v) is 6.96. The number of nitrogens with zero attached hydrogens (tertiary/aromatic N) is 2. The van der Waals surface area contributed by atoms with Crippen molar-refractivity contribution < 1.29 is 14.0 Å². The molecule has 2 rings (SSSR count). The van der Waals surface area contributed by atoms with Crippen molar-refractivity contribution in [1.29, 1.82) is 0 Å². The van der Waals surface area contributed by atoms with Gasteiger partial charge < -0.3 is 4.42 Å². The summed E-state index contributed by atoms with van der Waals surface area (Å²) in [5, 5.41) is 3.06. The Labute approximate surface area is 118 Å². The number of likely N-dealkylation sites (tertiary alicyclic amines) is 1. The van der Waals surface area contributed by atoms with Crippen molar-refractivity contribution in [3.05, 3.63) is 17.3 Å². The summed E-state index contributed by atoms with van der Waals surface area (Å²) < 4.78 is 5.45. The Morgan fingerprint density at radius 3 is 2.70 bits per heavy atom. The Morgan fingerprint density at radius 1 is 1.45 bits per heavy atom. The maximum Gasteiger partial charge on any atom is 0.247 e. The van der Waals surface area contributed by atoms with Gasteiger partial charge in [0, 0.05) is 6.04 Å². The van der Waals surface area contributed by atoms with Crippen LogP contribution in [0.15, 0.2) is 4.42 Å². The van der Waals surface area contributed by atoms with Crippen LogP contribution in [0.2, 0.25) is 0 Å². The molecule has 1 aromatic rings. The van der Waals surface area contributed by atoms with Crippen LogP contribution < -0.4 is 5.32 Å². The minimum absolute atomic E-state index is 0.0481. The summed E-state index contributed by atoms with van der Waals surface area (Å²) in [6, 6.07) is -0.517. The number of imide groups is 1. The van der Waals surface area contributed by atoms with E-state index in [1.165, 1.54) is 4.90 Å². The van der Waals surface area contributed by atoms with Gasteiger partial charge >= 0.3 is 0 Å². The van der Waals surface area contributed by atoms with Crippen molar-refractivity contribution in [2.75, 3.05) is 0 Å². The third kappa shape index (κ3) is 2.75. The van der Waals surface area contributed by atoms with Crippen LogP contribution in [-0.4, -0.2) is 33.8 Å². The van der Waals surface area contributed by atoms with Gasteiger partial charge in [0.2, 0.25) is 17.7 Å². The number of hydrogen-bond acceptors (Lipinski definition) is 5. The Kier molecular flexibility index (Phi) is 4.23. The highest BCUT2D eigenvalue weighted by atomic mass is 16.4. The first-order chi connectivity index (χ1) is 9.43. The molecule has 1 saturated heterocycles. The summed E-state index contributed by atoms with van der Waals surface area (Å²) in [7, 11) is 0. The Balaban J connectivity index is 1.97. The second-order valence-electron chi connectivity index (χ2n) is 5.25. The minimum Gasteiger partial charge on any atom is -0.444 e. The lowest BCUT2D eigenvalue weighted by molar-refractivity contribution is -0.141. The number of aryl methyl sites for hydroxylation is 2. The van der Waals surface area contributed by atoms with Crippen LogP contribution in [0.1, 0.15) is 44.0 Å². The summed E-state index contributed by atoms with van der Waals surface area (Å²) in [5.41, 5.74) is 0.844. The molecule has 0 radical (unpaired) electrons. The van der Waals surface area contributed by atoms with Gasteiger partial charge in [0.25, 0.3) is 0 Å². The van der Waals surface area contributed by atoms with Crippen LogP contribution in [0.3, 0.4) is 0 Å². The monoisotopic (exact) mass is 279 g/mol. The second-order valence-corrected chi connectivity index (χ2v) is 5.25. The maximum atomic E-state index is 12.2. The standard InChI is InChI=1S/C14H21N3O3/c1-5-8(2)17-13(18)6-11(14(17)19)15-7-12-16-9(3)10(4)20-12/h8,11,15H,5-7H2,1-4H3. The molecular formula is C14H21N3O3. The van der Waals surface area contributed by atoms with E-state index in [0.717, 1.165) is 17.9 Å². The van der Waals surface area contributed by atoms with E-state index < -0.39 is 6.04 Å². The average molecular weight is 279 g/mol. The predicted octanol–water partition coefficient (Wildman–Crippen LogP) is 1.31. The van der Waals surface area contributed by atoms with Gasteiger partial charge in [0.05, 0.1) is 24.7 Å². The zero-order valence-corrected chi connectivity index (χ0v) is 12.4. The molecule has 0 saturated carbocycles. The summed E-state index contributed by atoms with van der Waals surface area (Å²) in [6.45, 7) is 7.92. The lowest BCUT2D eigenvalue weighted by Gasteiger charge is -2.21. The highest BCUT2D eigenvalue weighted by Gasteiger charge is 2.40. The number of nitrogens with one attached hydrogen (secondary N) is 1. The largest absolute Gasteiger partial charge is 0.444 e. The topological polar surface area (TPSA) is 75.4 Å². The molecule has 110 valence electrons. The van der Waals surface area contributed by atoms with Crippen LogP contribution >= 0.6 is 0 Å². The van der Waals surface area contributed by atoms with E-state index in [0.29, 0.717) is 12.4 Å². The third-order valence-corrected chi connectivity index (χ3v) is 3.79. The summed E-state index contributed by atoms with van der Waals surface area (Å²) in [4.78, 5) is 29.7. The van der Waals surface area contributed by atoms with Gasteiger partial charge in [-0.3, -0.25) is 19.8 Å². The van der Waals surface area contributed by atoms with Gasteiger partial charge in [0.1, 0.15) is 5.76 Å². The first-order valence-electron chi connectivity index (χ1n) is 6.96. The summed E-state index contributed by atoms with van der Waals surface area (Å²) >= 11 is 0. The van der Waals surface area contributed by atoms with Gasteiger partial charge in [-0.1, -0.05) is 6.92 Å². The fourth-order valence-electron chi connectivity index (χ4n) is 2.28. The van der Waals surface area contributed by atoms with E-state index in [9.17, 15) is 9.59 Å². The van der Waals surface area contributed by atoms with Crippen LogP contribution in [0.4, 0.5) is 0 Å².